The maximum Gasteiger partial charge on any atom is 0.268 e. The maximum absolute atomic E-state index is 12.7. The van der Waals surface area contributed by atoms with E-state index in [1.165, 1.54) is 24.5 Å². The van der Waals surface area contributed by atoms with Crippen molar-refractivity contribution in [1.82, 2.24) is 4.98 Å². The van der Waals surface area contributed by atoms with Gasteiger partial charge in [0.1, 0.15) is 30.6 Å². The number of nitriles is 1. The van der Waals surface area contributed by atoms with Gasteiger partial charge in [0.2, 0.25) is 0 Å². The molecule has 0 aliphatic carbocycles. The number of carbonyl (C=O) groups excluding carboxylic acids is 1. The molecule has 0 saturated heterocycles. The minimum Gasteiger partial charge on any atom is -0.493 e. The van der Waals surface area contributed by atoms with Crippen LogP contribution in [0.4, 0.5) is 5.13 Å². The number of ether oxygens (including phenoxy) is 3. The third-order valence-electron chi connectivity index (χ3n) is 5.08. The molecule has 1 amide bonds. The number of methoxy groups -OCH3 is 1. The van der Waals surface area contributed by atoms with E-state index in [-0.39, 0.29) is 5.57 Å². The van der Waals surface area contributed by atoms with E-state index in [2.05, 4.69) is 26.2 Å². The van der Waals surface area contributed by atoms with Crippen molar-refractivity contribution in [1.29, 1.82) is 5.26 Å². The van der Waals surface area contributed by atoms with Gasteiger partial charge in [-0.15, -0.1) is 11.3 Å². The predicted molar refractivity (Wildman–Crippen MR) is 148 cm³/mol. The summed E-state index contributed by atoms with van der Waals surface area (Å²) in [6, 6.07) is 24.3. The zero-order valence-electron chi connectivity index (χ0n) is 19.8. The van der Waals surface area contributed by atoms with Crippen LogP contribution in [0.1, 0.15) is 5.56 Å². The number of nitrogens with zero attached hydrogens (tertiary/aromatic N) is 2. The molecule has 4 rings (SSSR count). The van der Waals surface area contributed by atoms with Crippen LogP contribution in [-0.4, -0.2) is 31.2 Å². The van der Waals surface area contributed by atoms with Crippen molar-refractivity contribution in [2.45, 2.75) is 0 Å². The monoisotopic (exact) mass is 575 g/mol. The smallest absolute Gasteiger partial charge is 0.268 e. The van der Waals surface area contributed by atoms with Gasteiger partial charge in [-0.1, -0.05) is 52.3 Å². The lowest BCUT2D eigenvalue weighted by Gasteiger charge is -2.12. The highest BCUT2D eigenvalue weighted by molar-refractivity contribution is 9.10. The van der Waals surface area contributed by atoms with Crippen LogP contribution >= 0.6 is 27.3 Å². The van der Waals surface area contributed by atoms with Gasteiger partial charge in [0.15, 0.2) is 16.6 Å². The summed E-state index contributed by atoms with van der Waals surface area (Å²) in [5, 5.41) is 14.6. The summed E-state index contributed by atoms with van der Waals surface area (Å²) in [5.74, 6) is 1.21. The molecular weight excluding hydrogens is 554 g/mol. The number of rotatable bonds is 10. The van der Waals surface area contributed by atoms with E-state index >= 15 is 0 Å². The summed E-state index contributed by atoms with van der Waals surface area (Å²) >= 11 is 4.68. The number of hydrogen-bond donors (Lipinski definition) is 1. The normalized spacial score (nSPS) is 10.9. The number of halogens is 1. The molecule has 0 spiro atoms. The standard InChI is InChI=1S/C28H22BrN3O4S/c1-34-26-16-19(7-12-25(26)36-14-13-35-23-10-8-22(29)9-11-23)15-21(17-30)27(33)32-28-31-24(18-37-28)20-5-3-2-4-6-20/h2-12,15-16,18H,13-14H2,1H3,(H,31,32,33)/b21-15-. The molecule has 1 aromatic heterocycles. The van der Waals surface area contributed by atoms with Crippen LogP contribution in [0.2, 0.25) is 0 Å². The van der Waals surface area contributed by atoms with Crippen LogP contribution in [0.3, 0.4) is 0 Å². The molecule has 7 nitrogen and oxygen atoms in total. The SMILES string of the molecule is COc1cc(/C=C(/C#N)C(=O)Nc2nc(-c3ccccc3)cs2)ccc1OCCOc1ccc(Br)cc1. The Hall–Kier alpha value is -4.13. The van der Waals surface area contributed by atoms with E-state index in [0.29, 0.717) is 35.4 Å². The second kappa shape index (κ2) is 12.7. The number of anilines is 1. The van der Waals surface area contributed by atoms with Gasteiger partial charge in [-0.3, -0.25) is 10.1 Å². The molecule has 3 aromatic carbocycles. The topological polar surface area (TPSA) is 93.5 Å². The van der Waals surface area contributed by atoms with Crippen LogP contribution in [0, 0.1) is 11.3 Å². The molecule has 0 aliphatic heterocycles. The number of nitrogens with one attached hydrogen (secondary N) is 1. The van der Waals surface area contributed by atoms with E-state index in [1.807, 2.05) is 66.0 Å². The second-order valence-electron chi connectivity index (χ2n) is 7.59. The minimum atomic E-state index is -0.541. The lowest BCUT2D eigenvalue weighted by molar-refractivity contribution is -0.112. The lowest BCUT2D eigenvalue weighted by Crippen LogP contribution is -2.13. The first kappa shape index (κ1) is 25.9. The minimum absolute atomic E-state index is 0.0601. The molecule has 0 aliphatic rings. The quantitative estimate of drug-likeness (QED) is 0.130. The number of hydrogen-bond acceptors (Lipinski definition) is 7. The average molecular weight is 576 g/mol. The molecule has 0 unspecified atom stereocenters. The van der Waals surface area contributed by atoms with Crippen LogP contribution in [0.15, 0.2) is 88.2 Å². The first-order chi connectivity index (χ1) is 18.1. The Labute approximate surface area is 227 Å². The summed E-state index contributed by atoms with van der Waals surface area (Å²) in [4.78, 5) is 17.2. The van der Waals surface area contributed by atoms with E-state index < -0.39 is 5.91 Å². The van der Waals surface area contributed by atoms with Crippen molar-refractivity contribution in [3.63, 3.8) is 0 Å². The molecule has 4 aromatic rings. The fraction of sp³-hybridized carbons (Fsp3) is 0.107. The number of aromatic nitrogens is 1. The molecule has 0 atom stereocenters. The van der Waals surface area contributed by atoms with Gasteiger partial charge in [-0.25, -0.2) is 4.98 Å². The number of amides is 1. The molecule has 0 fully saturated rings. The van der Waals surface area contributed by atoms with Crippen LogP contribution in [0.5, 0.6) is 17.2 Å². The summed E-state index contributed by atoms with van der Waals surface area (Å²) < 4.78 is 17.9. The van der Waals surface area contributed by atoms with Crippen molar-refractivity contribution < 1.29 is 19.0 Å². The third kappa shape index (κ3) is 7.19. The first-order valence-electron chi connectivity index (χ1n) is 11.2. The van der Waals surface area contributed by atoms with Crippen molar-refractivity contribution in [3.8, 4) is 34.6 Å². The first-order valence-corrected chi connectivity index (χ1v) is 12.9. The van der Waals surface area contributed by atoms with E-state index in [1.54, 1.807) is 18.2 Å². The summed E-state index contributed by atoms with van der Waals surface area (Å²) in [7, 11) is 1.53. The lowest BCUT2D eigenvalue weighted by atomic mass is 10.1. The highest BCUT2D eigenvalue weighted by atomic mass is 79.9. The van der Waals surface area contributed by atoms with Crippen molar-refractivity contribution in [2.75, 3.05) is 25.6 Å². The fourth-order valence-corrected chi connectivity index (χ4v) is 4.27. The van der Waals surface area contributed by atoms with Gasteiger partial charge >= 0.3 is 0 Å². The van der Waals surface area contributed by atoms with Crippen LogP contribution < -0.4 is 19.5 Å². The Morgan fingerprint density at radius 2 is 1.81 bits per heavy atom. The molecule has 1 heterocycles. The van der Waals surface area contributed by atoms with E-state index in [0.717, 1.165) is 21.5 Å². The molecule has 0 saturated carbocycles. The summed E-state index contributed by atoms with van der Waals surface area (Å²) in [6.45, 7) is 0.667. The molecule has 0 bridgehead atoms. The van der Waals surface area contributed by atoms with Crippen molar-refractivity contribution in [2.24, 2.45) is 0 Å². The Morgan fingerprint density at radius 3 is 2.54 bits per heavy atom. The summed E-state index contributed by atoms with van der Waals surface area (Å²) in [5.41, 5.74) is 2.26. The van der Waals surface area contributed by atoms with Gasteiger partial charge in [0.05, 0.1) is 12.8 Å². The average Bonchev–Trinajstić information content (AvgIpc) is 3.40. The van der Waals surface area contributed by atoms with Gasteiger partial charge in [0.25, 0.3) is 5.91 Å². The zero-order valence-corrected chi connectivity index (χ0v) is 22.2. The van der Waals surface area contributed by atoms with Gasteiger partial charge in [-0.2, -0.15) is 5.26 Å². The Balaban J connectivity index is 1.37. The van der Waals surface area contributed by atoms with Gasteiger partial charge < -0.3 is 14.2 Å². The third-order valence-corrected chi connectivity index (χ3v) is 6.37. The van der Waals surface area contributed by atoms with Crippen LogP contribution in [0.25, 0.3) is 17.3 Å². The Kier molecular flexibility index (Phi) is 8.92. The molecule has 0 radical (unpaired) electrons. The fourth-order valence-electron chi connectivity index (χ4n) is 3.29. The molecule has 9 heteroatoms. The number of carbonyl (C=O) groups is 1. The Morgan fingerprint density at radius 1 is 1.05 bits per heavy atom. The van der Waals surface area contributed by atoms with Gasteiger partial charge in [0, 0.05) is 15.4 Å². The van der Waals surface area contributed by atoms with Crippen molar-refractivity contribution in [3.05, 3.63) is 93.8 Å². The Bertz CT molecular complexity index is 1430. The molecule has 37 heavy (non-hydrogen) atoms. The zero-order chi connectivity index (χ0) is 26.0. The summed E-state index contributed by atoms with van der Waals surface area (Å²) in [6.07, 6.45) is 1.49. The number of benzene rings is 3. The molecule has 186 valence electrons. The van der Waals surface area contributed by atoms with Crippen molar-refractivity contribution >= 4 is 44.4 Å². The highest BCUT2D eigenvalue weighted by Gasteiger charge is 2.14. The van der Waals surface area contributed by atoms with E-state index in [9.17, 15) is 10.1 Å². The predicted octanol–water partition coefficient (Wildman–Crippen LogP) is 6.58. The second-order valence-corrected chi connectivity index (χ2v) is 9.36. The molecule has 1 N–H and O–H groups in total. The van der Waals surface area contributed by atoms with Gasteiger partial charge in [-0.05, 0) is 48.0 Å². The number of thiazole rings is 1. The van der Waals surface area contributed by atoms with Crippen LogP contribution in [-0.2, 0) is 4.79 Å². The maximum atomic E-state index is 12.7. The molecular formula is C28H22BrN3O4S. The largest absolute Gasteiger partial charge is 0.493 e. The highest BCUT2D eigenvalue weighted by Crippen LogP contribution is 2.29. The van der Waals surface area contributed by atoms with E-state index in [4.69, 9.17) is 14.2 Å².